The van der Waals surface area contributed by atoms with Crippen molar-refractivity contribution in [1.29, 1.82) is 0 Å². The first kappa shape index (κ1) is 23.5. The van der Waals surface area contributed by atoms with Gasteiger partial charge in [0, 0.05) is 68.2 Å². The van der Waals surface area contributed by atoms with E-state index in [1.54, 1.807) is 0 Å². The second kappa shape index (κ2) is 10.2. The molecule has 34 heavy (non-hydrogen) atoms. The lowest BCUT2D eigenvalue weighted by molar-refractivity contribution is 0.111. The summed E-state index contributed by atoms with van der Waals surface area (Å²) in [6.07, 6.45) is 10.2. The van der Waals surface area contributed by atoms with Gasteiger partial charge in [0.2, 0.25) is 5.95 Å². The fourth-order valence-electron chi connectivity index (χ4n) is 5.27. The molecule has 0 unspecified atom stereocenters. The van der Waals surface area contributed by atoms with E-state index in [2.05, 4.69) is 55.5 Å². The molecule has 6 rings (SSSR count). The number of nitrogens with one attached hydrogen (secondary N) is 2. The Kier molecular flexibility index (Phi) is 7.06. The minimum atomic E-state index is -0.160. The highest BCUT2D eigenvalue weighted by Crippen LogP contribution is 2.37. The first-order valence-electron chi connectivity index (χ1n) is 12.6. The number of halogens is 1. The Balaban J connectivity index is 0.00000241. The van der Waals surface area contributed by atoms with Crippen molar-refractivity contribution in [3.8, 4) is 11.1 Å². The van der Waals surface area contributed by atoms with Crippen LogP contribution in [0.2, 0.25) is 0 Å². The lowest BCUT2D eigenvalue weighted by Crippen LogP contribution is -2.42. The predicted molar refractivity (Wildman–Crippen MR) is 139 cm³/mol. The van der Waals surface area contributed by atoms with Gasteiger partial charge in [0.15, 0.2) is 0 Å². The van der Waals surface area contributed by atoms with Crippen LogP contribution in [0, 0.1) is 0 Å². The number of hydrogen-bond acceptors (Lipinski definition) is 6. The molecular weight excluding hydrogens is 448 g/mol. The molecule has 3 aromatic rings. The minimum absolute atomic E-state index is 0. The van der Waals surface area contributed by atoms with Gasteiger partial charge in [0.25, 0.3) is 0 Å². The summed E-state index contributed by atoms with van der Waals surface area (Å²) in [4.78, 5) is 12.1. The molecule has 3 aliphatic rings. The van der Waals surface area contributed by atoms with E-state index >= 15 is 0 Å². The van der Waals surface area contributed by atoms with Gasteiger partial charge in [0.1, 0.15) is 5.65 Å². The molecular formula is C26H35ClN6O. The molecule has 182 valence electrons. The van der Waals surface area contributed by atoms with Gasteiger partial charge in [-0.25, -0.2) is 4.98 Å². The van der Waals surface area contributed by atoms with E-state index < -0.39 is 0 Å². The molecule has 1 aliphatic heterocycles. The van der Waals surface area contributed by atoms with Crippen LogP contribution in [0.4, 0.5) is 5.95 Å². The maximum Gasteiger partial charge on any atom is 0.224 e. The third kappa shape index (κ3) is 5.08. The molecule has 3 N–H and O–H groups in total. The van der Waals surface area contributed by atoms with Crippen LogP contribution in [0.3, 0.4) is 0 Å². The third-order valence-electron chi connectivity index (χ3n) is 7.42. The second-order valence-electron chi connectivity index (χ2n) is 9.98. The molecule has 0 radical (unpaired) electrons. The van der Waals surface area contributed by atoms with Crippen molar-refractivity contribution in [3.05, 3.63) is 42.2 Å². The molecule has 3 heterocycles. The Morgan fingerprint density at radius 2 is 1.74 bits per heavy atom. The van der Waals surface area contributed by atoms with Gasteiger partial charge in [0.05, 0.1) is 6.10 Å². The molecule has 8 heteroatoms. The number of benzene rings is 1. The summed E-state index contributed by atoms with van der Waals surface area (Å²) < 4.78 is 2.35. The lowest BCUT2D eigenvalue weighted by Gasteiger charge is -2.27. The highest BCUT2D eigenvalue weighted by molar-refractivity contribution is 5.94. The first-order chi connectivity index (χ1) is 16.2. The summed E-state index contributed by atoms with van der Waals surface area (Å²) in [6.45, 7) is 5.38. The molecule has 2 aromatic heterocycles. The van der Waals surface area contributed by atoms with E-state index in [9.17, 15) is 5.11 Å². The van der Waals surface area contributed by atoms with E-state index in [0.717, 1.165) is 75.4 Å². The van der Waals surface area contributed by atoms with E-state index in [1.165, 1.54) is 29.5 Å². The number of rotatable bonds is 6. The number of nitrogens with zero attached hydrogens (tertiary/aromatic N) is 4. The molecule has 0 amide bonds. The zero-order valence-electron chi connectivity index (χ0n) is 19.6. The normalized spacial score (nSPS) is 23.6. The zero-order chi connectivity index (χ0) is 22.2. The highest BCUT2D eigenvalue weighted by atomic mass is 35.5. The standard InChI is InChI=1S/C26H34N6O.ClH/c33-22-9-7-21(8-10-22)32-17-24(23-15-28-26(30-25(23)32)29-20-5-6-20)19-3-1-18(2-4-19)16-31-13-11-27-12-14-31;/h1-4,15,17,20-22,27,33H,5-14,16H2,(H,28,29,30);1H/t21-,22-;. The fourth-order valence-corrected chi connectivity index (χ4v) is 5.27. The Morgan fingerprint density at radius 3 is 2.44 bits per heavy atom. The van der Waals surface area contributed by atoms with Gasteiger partial charge in [-0.05, 0) is 49.7 Å². The summed E-state index contributed by atoms with van der Waals surface area (Å²) >= 11 is 0. The summed E-state index contributed by atoms with van der Waals surface area (Å²) in [6, 6.07) is 9.93. The number of aliphatic hydroxyl groups excluding tert-OH is 1. The molecule has 0 spiro atoms. The Hall–Kier alpha value is -2.19. The lowest BCUT2D eigenvalue weighted by atomic mass is 9.93. The van der Waals surface area contributed by atoms with Gasteiger partial charge in [-0.2, -0.15) is 4.98 Å². The molecule has 1 aromatic carbocycles. The number of anilines is 1. The quantitative estimate of drug-likeness (QED) is 0.493. The number of fused-ring (bicyclic) bond motifs is 1. The molecule has 3 fully saturated rings. The van der Waals surface area contributed by atoms with E-state index in [4.69, 9.17) is 4.98 Å². The summed E-state index contributed by atoms with van der Waals surface area (Å²) in [5.41, 5.74) is 4.78. The average molecular weight is 483 g/mol. The number of hydrogen-bond donors (Lipinski definition) is 3. The van der Waals surface area contributed by atoms with Crippen LogP contribution in [0.25, 0.3) is 22.2 Å². The van der Waals surface area contributed by atoms with Crippen LogP contribution in [-0.2, 0) is 6.54 Å². The van der Waals surface area contributed by atoms with E-state index in [0.29, 0.717) is 12.1 Å². The summed E-state index contributed by atoms with van der Waals surface area (Å²) in [5.74, 6) is 0.734. The molecule has 1 saturated heterocycles. The van der Waals surface area contributed by atoms with Crippen LogP contribution < -0.4 is 10.6 Å². The maximum absolute atomic E-state index is 10.0. The summed E-state index contributed by atoms with van der Waals surface area (Å²) in [5, 5.41) is 18.0. The topological polar surface area (TPSA) is 78.2 Å². The molecule has 0 bridgehead atoms. The highest BCUT2D eigenvalue weighted by Gasteiger charge is 2.26. The molecule has 0 atom stereocenters. The maximum atomic E-state index is 10.0. The van der Waals surface area contributed by atoms with Crippen LogP contribution in [-0.4, -0.2) is 62.9 Å². The van der Waals surface area contributed by atoms with Gasteiger partial charge in [-0.3, -0.25) is 4.90 Å². The smallest absolute Gasteiger partial charge is 0.224 e. The van der Waals surface area contributed by atoms with Crippen LogP contribution in [0.15, 0.2) is 36.7 Å². The number of aliphatic hydroxyl groups is 1. The van der Waals surface area contributed by atoms with Crippen molar-refractivity contribution in [3.63, 3.8) is 0 Å². The summed E-state index contributed by atoms with van der Waals surface area (Å²) in [7, 11) is 0. The first-order valence-corrected chi connectivity index (χ1v) is 12.6. The second-order valence-corrected chi connectivity index (χ2v) is 9.98. The van der Waals surface area contributed by atoms with Crippen molar-refractivity contribution in [2.24, 2.45) is 0 Å². The number of aromatic nitrogens is 3. The van der Waals surface area contributed by atoms with Crippen molar-refractivity contribution in [1.82, 2.24) is 24.8 Å². The Bertz CT molecular complexity index is 1100. The van der Waals surface area contributed by atoms with Crippen molar-refractivity contribution < 1.29 is 5.11 Å². The van der Waals surface area contributed by atoms with E-state index in [1.807, 2.05) is 6.20 Å². The molecule has 7 nitrogen and oxygen atoms in total. The SMILES string of the molecule is Cl.O[C@H]1CC[C@H](n2cc(-c3ccc(CN4CCNCC4)cc3)c3cnc(NC4CC4)nc32)CC1. The number of piperazine rings is 1. The Labute approximate surface area is 207 Å². The van der Waals surface area contributed by atoms with Gasteiger partial charge >= 0.3 is 0 Å². The van der Waals surface area contributed by atoms with Crippen molar-refractivity contribution in [2.75, 3.05) is 31.5 Å². The van der Waals surface area contributed by atoms with Gasteiger partial charge in [-0.1, -0.05) is 24.3 Å². The van der Waals surface area contributed by atoms with Crippen molar-refractivity contribution >= 4 is 29.4 Å². The van der Waals surface area contributed by atoms with Crippen LogP contribution >= 0.6 is 12.4 Å². The van der Waals surface area contributed by atoms with Gasteiger partial charge < -0.3 is 20.3 Å². The van der Waals surface area contributed by atoms with Crippen LogP contribution in [0.5, 0.6) is 0 Å². The fraction of sp³-hybridized carbons (Fsp3) is 0.538. The van der Waals surface area contributed by atoms with Crippen molar-refractivity contribution in [2.45, 2.75) is 63.3 Å². The largest absolute Gasteiger partial charge is 0.393 e. The minimum Gasteiger partial charge on any atom is -0.393 e. The van der Waals surface area contributed by atoms with E-state index in [-0.39, 0.29) is 18.5 Å². The van der Waals surface area contributed by atoms with Gasteiger partial charge in [-0.15, -0.1) is 12.4 Å². The average Bonchev–Trinajstić information content (AvgIpc) is 3.59. The predicted octanol–water partition coefficient (Wildman–Crippen LogP) is 3.98. The van der Waals surface area contributed by atoms with Crippen LogP contribution in [0.1, 0.15) is 50.1 Å². The Morgan fingerprint density at radius 1 is 1.00 bits per heavy atom. The molecule has 2 aliphatic carbocycles. The monoisotopic (exact) mass is 482 g/mol. The third-order valence-corrected chi connectivity index (χ3v) is 7.42. The molecule has 2 saturated carbocycles. The zero-order valence-corrected chi connectivity index (χ0v) is 20.4.